The highest BCUT2D eigenvalue weighted by Crippen LogP contribution is 2.32. The first kappa shape index (κ1) is 16.0. The zero-order valence-corrected chi connectivity index (χ0v) is 14.3. The lowest BCUT2D eigenvalue weighted by Crippen LogP contribution is -2.15. The van der Waals surface area contributed by atoms with Crippen molar-refractivity contribution in [1.29, 1.82) is 0 Å². The number of aromatic nitrogens is 1. The minimum atomic E-state index is -0.243. The molecule has 1 aliphatic heterocycles. The van der Waals surface area contributed by atoms with Crippen LogP contribution in [0.25, 0.3) is 0 Å². The van der Waals surface area contributed by atoms with Gasteiger partial charge in [0.25, 0.3) is 0 Å². The van der Waals surface area contributed by atoms with E-state index >= 15 is 0 Å². The van der Waals surface area contributed by atoms with Crippen LogP contribution in [0.1, 0.15) is 53.7 Å². The Balaban J connectivity index is 1.72. The fraction of sp³-hybridized carbons (Fsp3) is 0.444. The van der Waals surface area contributed by atoms with E-state index < -0.39 is 0 Å². The van der Waals surface area contributed by atoms with Crippen LogP contribution in [0.15, 0.2) is 29.6 Å². The van der Waals surface area contributed by atoms with Gasteiger partial charge in [0.15, 0.2) is 0 Å². The van der Waals surface area contributed by atoms with Crippen LogP contribution >= 0.6 is 11.3 Å². The number of carbonyl (C=O) groups is 2. The molecule has 1 aliphatic rings. The number of fused-ring (bicyclic) bond motifs is 1. The number of hydrogen-bond donors (Lipinski definition) is 0. The Hall–Kier alpha value is -1.88. The predicted molar refractivity (Wildman–Crippen MR) is 90.0 cm³/mol. The van der Waals surface area contributed by atoms with E-state index in [9.17, 15) is 9.59 Å². The van der Waals surface area contributed by atoms with Crippen molar-refractivity contribution < 1.29 is 14.3 Å². The highest BCUT2D eigenvalue weighted by atomic mass is 32.1. The van der Waals surface area contributed by atoms with Gasteiger partial charge in [-0.15, -0.1) is 11.3 Å². The first-order valence-corrected chi connectivity index (χ1v) is 8.90. The molecule has 0 saturated heterocycles. The van der Waals surface area contributed by atoms with E-state index in [1.54, 1.807) is 0 Å². The Morgan fingerprint density at radius 2 is 2.17 bits per heavy atom. The third kappa shape index (κ3) is 3.24. The summed E-state index contributed by atoms with van der Waals surface area (Å²) < 4.78 is 7.37. The average Bonchev–Trinajstić information content (AvgIpc) is 3.23. The highest BCUT2D eigenvalue weighted by molar-refractivity contribution is 7.12. The van der Waals surface area contributed by atoms with Gasteiger partial charge in [-0.25, -0.2) is 0 Å². The first-order chi connectivity index (χ1) is 11.1. The first-order valence-electron chi connectivity index (χ1n) is 8.02. The quantitative estimate of drug-likeness (QED) is 0.596. The molecule has 2 aromatic rings. The van der Waals surface area contributed by atoms with Crippen LogP contribution in [0.5, 0.6) is 0 Å². The molecule has 0 aromatic carbocycles. The molecule has 23 heavy (non-hydrogen) atoms. The second kappa shape index (κ2) is 6.71. The van der Waals surface area contributed by atoms with Crippen molar-refractivity contribution in [3.63, 3.8) is 0 Å². The molecule has 122 valence electrons. The van der Waals surface area contributed by atoms with E-state index in [1.165, 1.54) is 11.3 Å². The van der Waals surface area contributed by atoms with E-state index in [4.69, 9.17) is 4.74 Å². The van der Waals surface area contributed by atoms with Gasteiger partial charge in [0.1, 0.15) is 0 Å². The van der Waals surface area contributed by atoms with Crippen LogP contribution in [-0.2, 0) is 16.1 Å². The summed E-state index contributed by atoms with van der Waals surface area (Å²) in [6.07, 6.45) is 1.59. The molecule has 1 atom stereocenters. The van der Waals surface area contributed by atoms with Crippen molar-refractivity contribution in [2.75, 3.05) is 6.61 Å². The standard InChI is InChI=1S/C18H21NO3S/c1-12(2)8-10-22-18(21)13-7-9-19-14(13)5-6-15(19)17(20)16-4-3-11-23-16/h3-6,11-13H,7-10H2,1-2H3. The molecule has 0 aliphatic carbocycles. The number of ketones is 1. The maximum atomic E-state index is 12.5. The highest BCUT2D eigenvalue weighted by Gasteiger charge is 2.33. The molecule has 2 aromatic heterocycles. The molecule has 5 heteroatoms. The number of carbonyl (C=O) groups excluding carboxylic acids is 2. The number of rotatable bonds is 6. The van der Waals surface area contributed by atoms with Gasteiger partial charge < -0.3 is 9.30 Å². The smallest absolute Gasteiger partial charge is 0.315 e. The summed E-state index contributed by atoms with van der Waals surface area (Å²) in [5.41, 5.74) is 1.57. The monoisotopic (exact) mass is 331 g/mol. The molecule has 1 unspecified atom stereocenters. The van der Waals surface area contributed by atoms with E-state index in [0.717, 1.165) is 17.0 Å². The van der Waals surface area contributed by atoms with Crippen molar-refractivity contribution in [3.8, 4) is 0 Å². The second-order valence-electron chi connectivity index (χ2n) is 6.29. The Labute approximate surface area is 140 Å². The van der Waals surface area contributed by atoms with E-state index in [-0.39, 0.29) is 17.7 Å². The van der Waals surface area contributed by atoms with Crippen LogP contribution in [0.3, 0.4) is 0 Å². The molecule has 0 spiro atoms. The molecular formula is C18H21NO3S. The van der Waals surface area contributed by atoms with Gasteiger partial charge in [0, 0.05) is 12.2 Å². The van der Waals surface area contributed by atoms with Gasteiger partial charge >= 0.3 is 5.97 Å². The van der Waals surface area contributed by atoms with Crippen LogP contribution in [-0.4, -0.2) is 22.9 Å². The summed E-state index contributed by atoms with van der Waals surface area (Å²) in [6.45, 7) is 5.38. The third-order valence-electron chi connectivity index (χ3n) is 4.21. The number of esters is 1. The lowest BCUT2D eigenvalue weighted by molar-refractivity contribution is -0.145. The number of thiophene rings is 1. The van der Waals surface area contributed by atoms with E-state index in [1.807, 2.05) is 34.2 Å². The fourth-order valence-electron chi connectivity index (χ4n) is 2.91. The molecule has 0 saturated carbocycles. The Morgan fingerprint density at radius 3 is 2.87 bits per heavy atom. The minimum Gasteiger partial charge on any atom is -0.465 e. The van der Waals surface area contributed by atoms with Crippen LogP contribution in [0.4, 0.5) is 0 Å². The summed E-state index contributed by atoms with van der Waals surface area (Å²) in [7, 11) is 0. The van der Waals surface area contributed by atoms with E-state index in [2.05, 4.69) is 13.8 Å². The molecule has 0 radical (unpaired) electrons. The molecule has 0 bridgehead atoms. The number of nitrogens with zero attached hydrogens (tertiary/aromatic N) is 1. The molecule has 4 nitrogen and oxygen atoms in total. The normalized spacial score (nSPS) is 16.6. The van der Waals surface area contributed by atoms with Gasteiger partial charge in [-0.3, -0.25) is 9.59 Å². The zero-order valence-electron chi connectivity index (χ0n) is 13.5. The molecule has 3 rings (SSSR count). The largest absolute Gasteiger partial charge is 0.465 e. The number of hydrogen-bond acceptors (Lipinski definition) is 4. The Morgan fingerprint density at radius 1 is 1.35 bits per heavy atom. The fourth-order valence-corrected chi connectivity index (χ4v) is 3.58. The van der Waals surface area contributed by atoms with Crippen LogP contribution < -0.4 is 0 Å². The van der Waals surface area contributed by atoms with Crippen molar-refractivity contribution >= 4 is 23.1 Å². The topological polar surface area (TPSA) is 48.3 Å². The maximum absolute atomic E-state index is 12.5. The van der Waals surface area contributed by atoms with Crippen molar-refractivity contribution in [2.45, 2.75) is 39.2 Å². The van der Waals surface area contributed by atoms with Crippen LogP contribution in [0.2, 0.25) is 0 Å². The summed E-state index contributed by atoms with van der Waals surface area (Å²) in [6, 6.07) is 7.42. The van der Waals surface area contributed by atoms with Crippen molar-refractivity contribution in [1.82, 2.24) is 4.57 Å². The molecular weight excluding hydrogens is 310 g/mol. The van der Waals surface area contributed by atoms with Gasteiger partial charge in [0.2, 0.25) is 5.78 Å². The molecule has 0 fully saturated rings. The van der Waals surface area contributed by atoms with Crippen LogP contribution in [0, 0.1) is 5.92 Å². The summed E-state index contributed by atoms with van der Waals surface area (Å²) >= 11 is 1.44. The van der Waals surface area contributed by atoms with Gasteiger partial charge in [-0.05, 0) is 42.3 Å². The Bertz CT molecular complexity index is 700. The lowest BCUT2D eigenvalue weighted by Gasteiger charge is -2.11. The lowest BCUT2D eigenvalue weighted by atomic mass is 10.1. The third-order valence-corrected chi connectivity index (χ3v) is 5.08. The van der Waals surface area contributed by atoms with Crippen molar-refractivity contribution in [3.05, 3.63) is 45.9 Å². The summed E-state index contributed by atoms with van der Waals surface area (Å²) in [4.78, 5) is 25.5. The molecule has 0 amide bonds. The van der Waals surface area contributed by atoms with Gasteiger partial charge in [0.05, 0.1) is 23.1 Å². The summed E-state index contributed by atoms with van der Waals surface area (Å²) in [5.74, 6) is 0.134. The average molecular weight is 331 g/mol. The SMILES string of the molecule is CC(C)CCOC(=O)C1CCn2c(C(=O)c3cccs3)ccc21. The molecule has 3 heterocycles. The minimum absolute atomic E-state index is 0.0278. The van der Waals surface area contributed by atoms with Crippen molar-refractivity contribution in [2.24, 2.45) is 5.92 Å². The van der Waals surface area contributed by atoms with Gasteiger partial charge in [-0.2, -0.15) is 0 Å². The second-order valence-corrected chi connectivity index (χ2v) is 7.24. The molecule has 0 N–H and O–H groups in total. The zero-order chi connectivity index (χ0) is 16.4. The maximum Gasteiger partial charge on any atom is 0.315 e. The Kier molecular flexibility index (Phi) is 4.66. The number of ether oxygens (including phenoxy) is 1. The predicted octanol–water partition coefficient (Wildman–Crippen LogP) is 3.86. The summed E-state index contributed by atoms with van der Waals surface area (Å²) in [5, 5.41) is 1.90. The van der Waals surface area contributed by atoms with Gasteiger partial charge in [-0.1, -0.05) is 19.9 Å². The van der Waals surface area contributed by atoms with E-state index in [0.29, 0.717) is 31.2 Å².